The first-order valence-corrected chi connectivity index (χ1v) is 36.0. The molecule has 0 heterocycles. The number of hydrogen-bond acceptors (Lipinski definition) is 3. The Morgan fingerprint density at radius 1 is 0.340 bits per heavy atom. The Morgan fingerprint density at radius 2 is 0.604 bits per heavy atom. The van der Waals surface area contributed by atoms with Gasteiger partial charge in [0, 0.05) is 0 Å². The molecule has 2 aromatic rings. The second kappa shape index (κ2) is 31.7. The van der Waals surface area contributed by atoms with E-state index in [1.165, 1.54) is 165 Å². The summed E-state index contributed by atoms with van der Waals surface area (Å²) in [4.78, 5) is 0. The van der Waals surface area contributed by atoms with Crippen LogP contribution in [0.4, 0.5) is 0 Å². The fraction of sp³-hybridized carbons (Fsp3) is 0.750. The van der Waals surface area contributed by atoms with E-state index in [0.29, 0.717) is 0 Å². The van der Waals surface area contributed by atoms with Gasteiger partial charge >= 0.3 is 343 Å². The molecule has 5 heteroatoms. The molecule has 0 saturated heterocycles. The third-order valence-electron chi connectivity index (χ3n) is 11.3. The molecule has 304 valence electrons. The Bertz CT molecular complexity index is 1020. The predicted octanol–water partition coefficient (Wildman–Crippen LogP) is 16.6. The standard InChI is InChI=1S/2C8H10O.4C8H17.O.2Sn/c2*1-2-7-5-3-4-6-8(7)9;4*1-3-5-7-8-6-4-2;;;/h2*3-6,9H,2H2,1H3;4*1,3-8H2,2H3;;;/q;;;;;;;2*+1/p-2. The molecule has 53 heavy (non-hydrogen) atoms. The number of unbranched alkanes of at least 4 members (excludes halogenated alkanes) is 20. The molecule has 0 radical (unpaired) electrons. The van der Waals surface area contributed by atoms with Crippen LogP contribution in [0.3, 0.4) is 0 Å². The van der Waals surface area contributed by atoms with Gasteiger partial charge in [-0.3, -0.25) is 0 Å². The van der Waals surface area contributed by atoms with E-state index >= 15 is 0 Å². The molecule has 0 bridgehead atoms. The molecule has 0 aromatic heterocycles. The van der Waals surface area contributed by atoms with Crippen LogP contribution >= 0.6 is 0 Å². The predicted molar refractivity (Wildman–Crippen MR) is 238 cm³/mol. The normalized spacial score (nSPS) is 12.0. The fourth-order valence-electron chi connectivity index (χ4n) is 7.93. The van der Waals surface area contributed by atoms with Crippen LogP contribution in [0.5, 0.6) is 11.5 Å². The molecule has 0 N–H and O–H groups in total. The minimum atomic E-state index is -3.80. The maximum atomic E-state index is 8.32. The van der Waals surface area contributed by atoms with Gasteiger partial charge in [-0.15, -0.1) is 0 Å². The topological polar surface area (TPSA) is 27.7 Å². The van der Waals surface area contributed by atoms with Gasteiger partial charge in [-0.2, -0.15) is 0 Å². The second-order valence-electron chi connectivity index (χ2n) is 16.1. The summed E-state index contributed by atoms with van der Waals surface area (Å²) in [5.74, 6) is 2.24. The molecule has 2 rings (SSSR count). The molecule has 0 amide bonds. The first kappa shape index (κ1) is 48.7. The van der Waals surface area contributed by atoms with Crippen LogP contribution in [-0.2, 0) is 14.3 Å². The van der Waals surface area contributed by atoms with Crippen molar-refractivity contribution in [1.29, 1.82) is 0 Å². The van der Waals surface area contributed by atoms with Crippen molar-refractivity contribution in [3.05, 3.63) is 59.7 Å². The van der Waals surface area contributed by atoms with E-state index in [9.17, 15) is 0 Å². The van der Waals surface area contributed by atoms with Crippen molar-refractivity contribution >= 4 is 38.4 Å². The van der Waals surface area contributed by atoms with E-state index in [4.69, 9.17) is 7.56 Å². The van der Waals surface area contributed by atoms with Gasteiger partial charge in [0.1, 0.15) is 0 Å². The fourth-order valence-corrected chi connectivity index (χ4v) is 48.7. The molecule has 3 nitrogen and oxygen atoms in total. The van der Waals surface area contributed by atoms with Crippen LogP contribution in [0.15, 0.2) is 48.5 Å². The zero-order valence-corrected chi connectivity index (χ0v) is 41.8. The molecule has 0 aliphatic carbocycles. The minimum absolute atomic E-state index is 0.997. The molecule has 0 unspecified atom stereocenters. The van der Waals surface area contributed by atoms with Crippen molar-refractivity contribution in [2.24, 2.45) is 0 Å². The van der Waals surface area contributed by atoms with Gasteiger partial charge in [0.2, 0.25) is 0 Å². The van der Waals surface area contributed by atoms with E-state index in [2.05, 4.69) is 90.1 Å². The van der Waals surface area contributed by atoms with Gasteiger partial charge in [0.25, 0.3) is 0 Å². The van der Waals surface area contributed by atoms with Crippen LogP contribution in [0, 0.1) is 0 Å². The molecule has 0 aliphatic heterocycles. The van der Waals surface area contributed by atoms with Crippen molar-refractivity contribution in [2.75, 3.05) is 0 Å². The summed E-state index contributed by atoms with van der Waals surface area (Å²) in [7, 11) is 0. The molecule has 2 aromatic carbocycles. The Hall–Kier alpha value is -0.403. The summed E-state index contributed by atoms with van der Waals surface area (Å²) in [6, 6.07) is 17.9. The Balaban J connectivity index is 2.63. The zero-order chi connectivity index (χ0) is 38.3. The van der Waals surface area contributed by atoms with Crippen molar-refractivity contribution in [2.45, 2.75) is 226 Å². The van der Waals surface area contributed by atoms with Crippen molar-refractivity contribution < 1.29 is 7.56 Å². The van der Waals surface area contributed by atoms with Crippen LogP contribution in [-0.4, -0.2) is 38.4 Å². The van der Waals surface area contributed by atoms with Crippen molar-refractivity contribution in [3.8, 4) is 11.5 Å². The third kappa shape index (κ3) is 21.1. The summed E-state index contributed by atoms with van der Waals surface area (Å²) < 4.78 is 28.4. The molecular formula is C48H86O3Sn2. The zero-order valence-electron chi connectivity index (χ0n) is 36.1. The first-order valence-electron chi connectivity index (χ1n) is 23.2. The number of rotatable bonds is 36. The quantitative estimate of drug-likeness (QED) is 0.0503. The molecule has 0 spiro atoms. The Morgan fingerprint density at radius 3 is 0.887 bits per heavy atom. The summed E-state index contributed by atoms with van der Waals surface area (Å²) >= 11 is -7.60. The molecule has 0 saturated carbocycles. The van der Waals surface area contributed by atoms with Crippen LogP contribution in [0.2, 0.25) is 17.7 Å². The summed E-state index contributed by atoms with van der Waals surface area (Å²) in [6.07, 6.45) is 33.5. The van der Waals surface area contributed by atoms with Crippen LogP contribution < -0.4 is 6.15 Å². The van der Waals surface area contributed by atoms with E-state index in [-0.39, 0.29) is 0 Å². The summed E-state index contributed by atoms with van der Waals surface area (Å²) in [5.41, 5.74) is 2.68. The molecule has 0 atom stereocenters. The molecule has 0 aliphatic rings. The van der Waals surface area contributed by atoms with Crippen molar-refractivity contribution in [1.82, 2.24) is 0 Å². The van der Waals surface area contributed by atoms with E-state index in [1.807, 2.05) is 0 Å². The monoisotopic (exact) mass is 950 g/mol. The van der Waals surface area contributed by atoms with E-state index in [0.717, 1.165) is 42.1 Å². The summed E-state index contributed by atoms with van der Waals surface area (Å²) in [6.45, 7) is 13.9. The van der Waals surface area contributed by atoms with Crippen LogP contribution in [0.1, 0.15) is 207 Å². The van der Waals surface area contributed by atoms with Gasteiger partial charge in [0.15, 0.2) is 0 Å². The average molecular weight is 949 g/mol. The average Bonchev–Trinajstić information content (AvgIpc) is 3.17. The van der Waals surface area contributed by atoms with Crippen LogP contribution in [0.25, 0.3) is 0 Å². The van der Waals surface area contributed by atoms with Gasteiger partial charge in [0.05, 0.1) is 0 Å². The van der Waals surface area contributed by atoms with Gasteiger partial charge in [-0.1, -0.05) is 0 Å². The second-order valence-corrected chi connectivity index (χ2v) is 37.9. The Kier molecular flexibility index (Phi) is 29.1. The number of hydrogen-bond donors (Lipinski definition) is 0. The first-order chi connectivity index (χ1) is 26.0. The number of aryl methyl sites for hydroxylation is 2. The third-order valence-corrected chi connectivity index (χ3v) is 43.8. The van der Waals surface area contributed by atoms with Gasteiger partial charge in [-0.25, -0.2) is 0 Å². The van der Waals surface area contributed by atoms with E-state index < -0.39 is 38.4 Å². The SMILES string of the molecule is CCCCCCC[CH2][Sn]([CH2]CCCCCCC)([O]c1ccccc1CC)[O][Sn]([CH2]CCCCCCC)([CH2]CCCCCCC)[O]c1ccccc1CC. The molecular weight excluding hydrogens is 862 g/mol. The van der Waals surface area contributed by atoms with Gasteiger partial charge < -0.3 is 0 Å². The summed E-state index contributed by atoms with van der Waals surface area (Å²) in [5, 5.41) is 0. The van der Waals surface area contributed by atoms with E-state index in [1.54, 1.807) is 0 Å². The van der Waals surface area contributed by atoms with Gasteiger partial charge in [-0.05, 0) is 0 Å². The number of benzene rings is 2. The Labute approximate surface area is 340 Å². The number of para-hydroxylation sites is 2. The maximum absolute atomic E-state index is 8.32. The van der Waals surface area contributed by atoms with Crippen molar-refractivity contribution in [3.63, 3.8) is 0 Å². The molecule has 0 fully saturated rings.